The summed E-state index contributed by atoms with van der Waals surface area (Å²) in [5.74, 6) is 0. The molecule has 0 saturated carbocycles. The molecule has 18 heavy (non-hydrogen) atoms. The zero-order chi connectivity index (χ0) is 13.0. The molecule has 3 nitrogen and oxygen atoms in total. The van der Waals surface area contributed by atoms with Gasteiger partial charge in [-0.2, -0.15) is 0 Å². The van der Waals surface area contributed by atoms with Gasteiger partial charge in [0.2, 0.25) is 0 Å². The number of carbonyl (C=O) groups is 1. The maximum Gasteiger partial charge on any atom is 0.414 e. The highest BCUT2D eigenvalue weighted by Gasteiger charge is 2.24. The Kier molecular flexibility index (Phi) is 3.82. The monoisotopic (exact) mass is 243 g/mol. The van der Waals surface area contributed by atoms with Crippen LogP contribution in [-0.2, 0) is 4.74 Å². The van der Waals surface area contributed by atoms with E-state index in [2.05, 4.69) is 13.0 Å². The normalized spacial score (nSPS) is 16.4. The molecule has 0 atom stereocenters. The molecule has 3 heteroatoms. The van der Waals surface area contributed by atoms with Crippen LogP contribution in [0.1, 0.15) is 18.1 Å². The minimum Gasteiger partial charge on any atom is -0.447 e. The highest BCUT2D eigenvalue weighted by Crippen LogP contribution is 2.19. The summed E-state index contributed by atoms with van der Waals surface area (Å²) in [5, 5.41) is 0. The minimum atomic E-state index is -0.270. The molecule has 0 spiro atoms. The van der Waals surface area contributed by atoms with E-state index in [1.807, 2.05) is 43.4 Å². The number of hydrogen-bond acceptors (Lipinski definition) is 2. The van der Waals surface area contributed by atoms with Crippen molar-refractivity contribution in [1.82, 2.24) is 4.90 Å². The van der Waals surface area contributed by atoms with E-state index in [4.69, 9.17) is 4.74 Å². The van der Waals surface area contributed by atoms with Gasteiger partial charge in [-0.25, -0.2) is 4.79 Å². The van der Waals surface area contributed by atoms with Crippen LogP contribution in [0.25, 0.3) is 6.08 Å². The van der Waals surface area contributed by atoms with Gasteiger partial charge in [-0.05, 0) is 37.1 Å². The van der Waals surface area contributed by atoms with Crippen molar-refractivity contribution in [3.8, 4) is 0 Å². The smallest absolute Gasteiger partial charge is 0.414 e. The standard InChI is InChI=1S/C15H17NO2/c1-3-6-14(16-9-10-18-15(16)17)11-13-8-5-4-7-12(13)2/h3-8,11H,9-10H2,1-2H3/b6-3-,14-11+. The number of nitrogens with zero attached hydrogens (tertiary/aromatic N) is 1. The van der Waals surface area contributed by atoms with E-state index < -0.39 is 0 Å². The number of allylic oxidation sites excluding steroid dienone is 2. The van der Waals surface area contributed by atoms with Crippen LogP contribution >= 0.6 is 0 Å². The molecule has 94 valence electrons. The van der Waals surface area contributed by atoms with Gasteiger partial charge in [0.25, 0.3) is 0 Å². The Morgan fingerprint density at radius 1 is 1.39 bits per heavy atom. The van der Waals surface area contributed by atoms with Crippen LogP contribution in [0.4, 0.5) is 4.79 Å². The highest BCUT2D eigenvalue weighted by molar-refractivity contribution is 5.75. The van der Waals surface area contributed by atoms with Gasteiger partial charge in [-0.1, -0.05) is 30.3 Å². The fraction of sp³-hybridized carbons (Fsp3) is 0.267. The largest absolute Gasteiger partial charge is 0.447 e. The Labute approximate surface area is 107 Å². The molecule has 1 aromatic rings. The third kappa shape index (κ3) is 2.62. The summed E-state index contributed by atoms with van der Waals surface area (Å²) in [7, 11) is 0. The summed E-state index contributed by atoms with van der Waals surface area (Å²) in [6.07, 6.45) is 5.60. The third-order valence-electron chi connectivity index (χ3n) is 2.90. The predicted octanol–water partition coefficient (Wildman–Crippen LogP) is 3.36. The average molecular weight is 243 g/mol. The lowest BCUT2D eigenvalue weighted by atomic mass is 10.1. The molecule has 1 aromatic carbocycles. The first kappa shape index (κ1) is 12.4. The fourth-order valence-corrected chi connectivity index (χ4v) is 1.92. The second kappa shape index (κ2) is 5.54. The molecular weight excluding hydrogens is 226 g/mol. The van der Waals surface area contributed by atoms with Gasteiger partial charge >= 0.3 is 6.09 Å². The number of ether oxygens (including phenoxy) is 1. The lowest BCUT2D eigenvalue weighted by Gasteiger charge is -2.14. The van der Waals surface area contributed by atoms with Crippen molar-refractivity contribution in [2.45, 2.75) is 13.8 Å². The van der Waals surface area contributed by atoms with Gasteiger partial charge in [0.1, 0.15) is 6.61 Å². The van der Waals surface area contributed by atoms with E-state index in [1.165, 1.54) is 5.56 Å². The summed E-state index contributed by atoms with van der Waals surface area (Å²) in [6.45, 7) is 5.07. The summed E-state index contributed by atoms with van der Waals surface area (Å²) >= 11 is 0. The van der Waals surface area contributed by atoms with Crippen molar-refractivity contribution in [2.75, 3.05) is 13.2 Å². The van der Waals surface area contributed by atoms with Gasteiger partial charge in [-0.15, -0.1) is 0 Å². The van der Waals surface area contributed by atoms with Gasteiger partial charge in [0.05, 0.1) is 6.54 Å². The number of hydrogen-bond donors (Lipinski definition) is 0. The number of benzene rings is 1. The second-order valence-electron chi connectivity index (χ2n) is 4.19. The average Bonchev–Trinajstić information content (AvgIpc) is 2.78. The van der Waals surface area contributed by atoms with Crippen molar-refractivity contribution in [2.24, 2.45) is 0 Å². The maximum absolute atomic E-state index is 11.6. The van der Waals surface area contributed by atoms with Crippen molar-refractivity contribution >= 4 is 12.2 Å². The zero-order valence-corrected chi connectivity index (χ0v) is 10.7. The number of cyclic esters (lactones) is 1. The SMILES string of the molecule is C/C=C\C(=C/c1ccccc1C)N1CCOC1=O. The molecule has 1 saturated heterocycles. The first-order valence-electron chi connectivity index (χ1n) is 6.06. The van der Waals surface area contributed by atoms with Crippen LogP contribution in [-0.4, -0.2) is 24.1 Å². The van der Waals surface area contributed by atoms with Gasteiger partial charge in [-0.3, -0.25) is 4.90 Å². The summed E-state index contributed by atoms with van der Waals surface area (Å²) in [5.41, 5.74) is 3.17. The number of amides is 1. The topological polar surface area (TPSA) is 29.5 Å². The summed E-state index contributed by atoms with van der Waals surface area (Å²) in [4.78, 5) is 13.3. The van der Waals surface area contributed by atoms with Crippen LogP contribution < -0.4 is 0 Å². The summed E-state index contributed by atoms with van der Waals surface area (Å²) in [6, 6.07) is 8.10. The van der Waals surface area contributed by atoms with Crippen LogP contribution in [0.3, 0.4) is 0 Å². The highest BCUT2D eigenvalue weighted by atomic mass is 16.6. The van der Waals surface area contributed by atoms with Crippen molar-refractivity contribution < 1.29 is 9.53 Å². The molecule has 1 aliphatic heterocycles. The molecule has 1 heterocycles. The predicted molar refractivity (Wildman–Crippen MR) is 72.0 cm³/mol. The van der Waals surface area contributed by atoms with Crippen LogP contribution in [0.2, 0.25) is 0 Å². The quantitative estimate of drug-likeness (QED) is 0.762. The van der Waals surface area contributed by atoms with Gasteiger partial charge in [0, 0.05) is 5.70 Å². The first-order chi connectivity index (χ1) is 8.72. The van der Waals surface area contributed by atoms with Crippen molar-refractivity contribution in [1.29, 1.82) is 0 Å². The van der Waals surface area contributed by atoms with Gasteiger partial charge in [0.15, 0.2) is 0 Å². The van der Waals surface area contributed by atoms with Gasteiger partial charge < -0.3 is 4.74 Å². The molecule has 0 unspecified atom stereocenters. The van der Waals surface area contributed by atoms with Crippen LogP contribution in [0.5, 0.6) is 0 Å². The van der Waals surface area contributed by atoms with E-state index in [9.17, 15) is 4.79 Å². The van der Waals surface area contributed by atoms with E-state index in [0.29, 0.717) is 13.2 Å². The third-order valence-corrected chi connectivity index (χ3v) is 2.90. The molecular formula is C15H17NO2. The van der Waals surface area contributed by atoms with Crippen LogP contribution in [0, 0.1) is 6.92 Å². The lowest BCUT2D eigenvalue weighted by molar-refractivity contribution is 0.165. The molecule has 0 bridgehead atoms. The van der Waals surface area contributed by atoms with Crippen molar-refractivity contribution in [3.63, 3.8) is 0 Å². The molecule has 0 aliphatic carbocycles. The van der Waals surface area contributed by atoms with E-state index in [0.717, 1.165) is 11.3 Å². The van der Waals surface area contributed by atoms with Crippen molar-refractivity contribution in [3.05, 3.63) is 53.2 Å². The Morgan fingerprint density at radius 2 is 2.17 bits per heavy atom. The molecule has 2 rings (SSSR count). The Hall–Kier alpha value is -2.03. The Bertz CT molecular complexity index is 503. The molecule has 0 aromatic heterocycles. The van der Waals surface area contributed by atoms with E-state index in [1.54, 1.807) is 4.90 Å². The minimum absolute atomic E-state index is 0.270. The molecule has 0 radical (unpaired) electrons. The lowest BCUT2D eigenvalue weighted by Crippen LogP contribution is -2.22. The molecule has 1 amide bonds. The summed E-state index contributed by atoms with van der Waals surface area (Å²) < 4.78 is 4.97. The first-order valence-corrected chi connectivity index (χ1v) is 6.06. The van der Waals surface area contributed by atoms with E-state index in [-0.39, 0.29) is 6.09 Å². The fourth-order valence-electron chi connectivity index (χ4n) is 1.92. The number of carbonyl (C=O) groups excluding carboxylic acids is 1. The number of rotatable bonds is 3. The maximum atomic E-state index is 11.6. The Balaban J connectivity index is 2.36. The van der Waals surface area contributed by atoms with E-state index >= 15 is 0 Å². The number of aryl methyl sites for hydroxylation is 1. The molecule has 1 fully saturated rings. The van der Waals surface area contributed by atoms with Crippen LogP contribution in [0.15, 0.2) is 42.1 Å². The molecule has 1 aliphatic rings. The zero-order valence-electron chi connectivity index (χ0n) is 10.7. The Morgan fingerprint density at radius 3 is 2.78 bits per heavy atom. The second-order valence-corrected chi connectivity index (χ2v) is 4.19. The molecule has 0 N–H and O–H groups in total.